The molecule has 2 atom stereocenters. The van der Waals surface area contributed by atoms with Crippen LogP contribution in [0, 0.1) is 0 Å². The number of ether oxygens (including phenoxy) is 1. The molecule has 1 aliphatic heterocycles. The third-order valence-electron chi connectivity index (χ3n) is 6.36. The van der Waals surface area contributed by atoms with Crippen molar-refractivity contribution < 1.29 is 19.1 Å². The molecular weight excluding hydrogens is 480 g/mol. The Hall–Kier alpha value is -5.11. The average molecular weight is 507 g/mol. The fourth-order valence-electron chi connectivity index (χ4n) is 4.58. The molecule has 0 saturated carbocycles. The zero-order chi connectivity index (χ0) is 26.5. The highest BCUT2D eigenvalue weighted by atomic mass is 16.5. The van der Waals surface area contributed by atoms with Gasteiger partial charge in [0.2, 0.25) is 0 Å². The van der Waals surface area contributed by atoms with Gasteiger partial charge in [0.1, 0.15) is 5.75 Å². The van der Waals surface area contributed by atoms with E-state index >= 15 is 0 Å². The van der Waals surface area contributed by atoms with Gasteiger partial charge in [0.15, 0.2) is 0 Å². The Balaban J connectivity index is 1.54. The third kappa shape index (κ3) is 5.05. The molecule has 8 heteroatoms. The number of para-hydroxylation sites is 2. The van der Waals surface area contributed by atoms with Gasteiger partial charge in [-0.2, -0.15) is 0 Å². The second kappa shape index (κ2) is 10.9. The van der Waals surface area contributed by atoms with E-state index in [1.165, 1.54) is 4.90 Å². The zero-order valence-electron chi connectivity index (χ0n) is 20.6. The van der Waals surface area contributed by atoms with Gasteiger partial charge in [0.25, 0.3) is 5.91 Å². The summed E-state index contributed by atoms with van der Waals surface area (Å²) in [6.45, 7) is 0. The molecule has 4 aromatic rings. The number of methoxy groups -OCH3 is 1. The maximum atomic E-state index is 13.6. The number of benzene rings is 4. The lowest BCUT2D eigenvalue weighted by Gasteiger charge is -2.32. The number of carbonyl (C=O) groups is 3. The molecular formula is C30H26N4O4. The molecule has 0 fully saturated rings. The van der Waals surface area contributed by atoms with Crippen molar-refractivity contribution in [2.45, 2.75) is 12.1 Å². The van der Waals surface area contributed by atoms with E-state index in [2.05, 4.69) is 16.0 Å². The van der Waals surface area contributed by atoms with Gasteiger partial charge >= 0.3 is 12.1 Å². The van der Waals surface area contributed by atoms with E-state index in [1.807, 2.05) is 42.5 Å². The second-order valence-corrected chi connectivity index (χ2v) is 8.72. The van der Waals surface area contributed by atoms with Crippen LogP contribution in [0.25, 0.3) is 0 Å². The summed E-state index contributed by atoms with van der Waals surface area (Å²) in [5.74, 6) is 0.200. The predicted octanol–water partition coefficient (Wildman–Crippen LogP) is 5.99. The SMILES string of the molecule is COc1ccc(C(NC(=O)Nc2ccccc2)C2c3ccccc3C(=O)N2C(=O)Nc2ccccc2)cc1. The minimum absolute atomic E-state index is 0.407. The van der Waals surface area contributed by atoms with Crippen LogP contribution in [0.4, 0.5) is 21.0 Å². The Morgan fingerprint density at radius 3 is 1.97 bits per heavy atom. The maximum Gasteiger partial charge on any atom is 0.329 e. The molecule has 0 bridgehead atoms. The van der Waals surface area contributed by atoms with Gasteiger partial charge in [0, 0.05) is 16.9 Å². The molecule has 5 rings (SSSR count). The molecule has 1 aliphatic rings. The van der Waals surface area contributed by atoms with Crippen LogP contribution in [0.3, 0.4) is 0 Å². The normalized spacial score (nSPS) is 14.8. The number of urea groups is 2. The second-order valence-electron chi connectivity index (χ2n) is 8.72. The van der Waals surface area contributed by atoms with Gasteiger partial charge < -0.3 is 20.7 Å². The Morgan fingerprint density at radius 1 is 0.763 bits per heavy atom. The Kier molecular flexibility index (Phi) is 7.04. The summed E-state index contributed by atoms with van der Waals surface area (Å²) in [7, 11) is 1.57. The molecule has 38 heavy (non-hydrogen) atoms. The lowest BCUT2D eigenvalue weighted by Crippen LogP contribution is -2.45. The molecule has 0 aromatic heterocycles. The monoisotopic (exact) mass is 506 g/mol. The fraction of sp³-hybridized carbons (Fsp3) is 0.100. The number of nitrogens with zero attached hydrogens (tertiary/aromatic N) is 1. The number of imide groups is 1. The van der Waals surface area contributed by atoms with Crippen molar-refractivity contribution in [2.24, 2.45) is 0 Å². The van der Waals surface area contributed by atoms with Crippen molar-refractivity contribution in [3.63, 3.8) is 0 Å². The molecule has 5 amide bonds. The molecule has 4 aromatic carbocycles. The van der Waals surface area contributed by atoms with Gasteiger partial charge in [-0.1, -0.05) is 66.7 Å². The number of nitrogens with one attached hydrogen (secondary N) is 3. The summed E-state index contributed by atoms with van der Waals surface area (Å²) in [4.78, 5) is 41.5. The summed E-state index contributed by atoms with van der Waals surface area (Å²) >= 11 is 0. The maximum absolute atomic E-state index is 13.6. The van der Waals surface area contributed by atoms with E-state index in [-0.39, 0.29) is 0 Å². The van der Waals surface area contributed by atoms with E-state index in [4.69, 9.17) is 4.74 Å². The van der Waals surface area contributed by atoms with Crippen LogP contribution in [0.5, 0.6) is 5.75 Å². The van der Waals surface area contributed by atoms with E-state index < -0.39 is 30.1 Å². The van der Waals surface area contributed by atoms with Crippen LogP contribution >= 0.6 is 0 Å². The average Bonchev–Trinajstić information content (AvgIpc) is 3.25. The van der Waals surface area contributed by atoms with E-state index in [0.29, 0.717) is 33.8 Å². The van der Waals surface area contributed by atoms with Crippen LogP contribution in [0.15, 0.2) is 109 Å². The van der Waals surface area contributed by atoms with Crippen molar-refractivity contribution in [1.82, 2.24) is 10.2 Å². The summed E-state index contributed by atoms with van der Waals surface area (Å²) in [5, 5.41) is 8.65. The predicted molar refractivity (Wildman–Crippen MR) is 145 cm³/mol. The fourth-order valence-corrected chi connectivity index (χ4v) is 4.58. The minimum atomic E-state index is -0.808. The van der Waals surface area contributed by atoms with Gasteiger partial charge in [-0.05, 0) is 53.6 Å². The number of amides is 5. The molecule has 0 aliphatic carbocycles. The number of fused-ring (bicyclic) bond motifs is 1. The van der Waals surface area contributed by atoms with E-state index in [0.717, 1.165) is 0 Å². The van der Waals surface area contributed by atoms with Gasteiger partial charge in [-0.3, -0.25) is 4.79 Å². The van der Waals surface area contributed by atoms with E-state index in [1.54, 1.807) is 73.8 Å². The molecule has 0 spiro atoms. The summed E-state index contributed by atoms with van der Waals surface area (Å²) in [6.07, 6.45) is 0. The molecule has 0 radical (unpaired) electrons. The largest absolute Gasteiger partial charge is 0.497 e. The Bertz CT molecular complexity index is 1440. The standard InChI is InChI=1S/C30H26N4O4/c1-38-23-18-16-20(17-19-23)26(33-29(36)31-21-10-4-2-5-11-21)27-24-14-8-9-15-25(24)28(35)34(27)30(37)32-22-12-6-3-7-13-22/h2-19,26-27H,1H3,(H,32,37)(H2,31,33,36). The van der Waals surface area contributed by atoms with Crippen LogP contribution in [0.2, 0.25) is 0 Å². The topological polar surface area (TPSA) is 99.8 Å². The first-order valence-corrected chi connectivity index (χ1v) is 12.1. The van der Waals surface area contributed by atoms with E-state index in [9.17, 15) is 14.4 Å². The number of carbonyl (C=O) groups excluding carboxylic acids is 3. The van der Waals surface area contributed by atoms with Crippen LogP contribution in [-0.4, -0.2) is 30.0 Å². The van der Waals surface area contributed by atoms with Gasteiger partial charge in [-0.25, -0.2) is 14.5 Å². The highest BCUT2D eigenvalue weighted by Gasteiger charge is 2.45. The van der Waals surface area contributed by atoms with Crippen LogP contribution in [-0.2, 0) is 0 Å². The first-order chi connectivity index (χ1) is 18.5. The summed E-state index contributed by atoms with van der Waals surface area (Å²) in [5.41, 5.74) is 2.91. The highest BCUT2D eigenvalue weighted by molar-refractivity contribution is 6.11. The Labute approximate surface area is 220 Å². The van der Waals surface area contributed by atoms with Gasteiger partial charge in [0.05, 0.1) is 19.2 Å². The zero-order valence-corrected chi connectivity index (χ0v) is 20.6. The lowest BCUT2D eigenvalue weighted by molar-refractivity contribution is 0.0770. The smallest absolute Gasteiger partial charge is 0.329 e. The number of anilines is 2. The van der Waals surface area contributed by atoms with Crippen LogP contribution < -0.4 is 20.7 Å². The third-order valence-corrected chi connectivity index (χ3v) is 6.36. The molecule has 2 unspecified atom stereocenters. The number of rotatable bonds is 6. The van der Waals surface area contributed by atoms with Crippen molar-refractivity contribution in [3.8, 4) is 5.75 Å². The first kappa shape index (κ1) is 24.6. The van der Waals surface area contributed by atoms with Crippen molar-refractivity contribution in [1.29, 1.82) is 0 Å². The number of hydrogen-bond acceptors (Lipinski definition) is 4. The summed E-state index contributed by atoms with van der Waals surface area (Å²) in [6, 6.07) is 29.5. The molecule has 190 valence electrons. The first-order valence-electron chi connectivity index (χ1n) is 12.1. The number of hydrogen-bond donors (Lipinski definition) is 3. The van der Waals surface area contributed by atoms with Crippen LogP contribution in [0.1, 0.15) is 33.6 Å². The van der Waals surface area contributed by atoms with Crippen molar-refractivity contribution >= 4 is 29.3 Å². The summed E-state index contributed by atoms with van der Waals surface area (Å²) < 4.78 is 5.31. The van der Waals surface area contributed by atoms with Crippen molar-refractivity contribution in [2.75, 3.05) is 17.7 Å². The molecule has 8 nitrogen and oxygen atoms in total. The Morgan fingerprint density at radius 2 is 1.34 bits per heavy atom. The minimum Gasteiger partial charge on any atom is -0.497 e. The van der Waals surface area contributed by atoms with Crippen molar-refractivity contribution in [3.05, 3.63) is 126 Å². The quantitative estimate of drug-likeness (QED) is 0.299. The van der Waals surface area contributed by atoms with Gasteiger partial charge in [-0.15, -0.1) is 0 Å². The lowest BCUT2D eigenvalue weighted by atomic mass is 9.93. The molecule has 3 N–H and O–H groups in total. The molecule has 0 saturated heterocycles. The molecule has 1 heterocycles. The highest BCUT2D eigenvalue weighted by Crippen LogP contribution is 2.42.